The molecule has 5 heteroatoms. The van der Waals surface area contributed by atoms with Gasteiger partial charge in [-0.15, -0.1) is 0 Å². The van der Waals surface area contributed by atoms with Gasteiger partial charge in [0.2, 0.25) is 5.91 Å². The summed E-state index contributed by atoms with van der Waals surface area (Å²) >= 11 is 0. The van der Waals surface area contributed by atoms with Gasteiger partial charge in [0.25, 0.3) is 0 Å². The molecule has 0 bridgehead atoms. The number of nitrogens with zero attached hydrogens (tertiary/aromatic N) is 3. The highest BCUT2D eigenvalue weighted by molar-refractivity contribution is 5.73. The molecule has 0 saturated carbocycles. The van der Waals surface area contributed by atoms with Gasteiger partial charge in [-0.1, -0.05) is 0 Å². The van der Waals surface area contributed by atoms with E-state index in [1.54, 1.807) is 6.92 Å². The smallest absolute Gasteiger partial charge is 0.219 e. The fourth-order valence-corrected chi connectivity index (χ4v) is 2.74. The average molecular weight is 254 g/mol. The van der Waals surface area contributed by atoms with E-state index in [9.17, 15) is 4.79 Å². The van der Waals surface area contributed by atoms with Gasteiger partial charge in [0.15, 0.2) is 0 Å². The Hall–Kier alpha value is -0.650. The van der Waals surface area contributed by atoms with Gasteiger partial charge in [-0.3, -0.25) is 9.69 Å². The molecule has 1 N–H and O–H groups in total. The van der Waals surface area contributed by atoms with Gasteiger partial charge in [-0.2, -0.15) is 0 Å². The number of carbonyl (C=O) groups excluding carboxylic acids is 1. The van der Waals surface area contributed by atoms with Crippen LogP contribution < -0.4 is 5.32 Å². The molecular formula is C13H26N4O. The number of piperazine rings is 2. The van der Waals surface area contributed by atoms with E-state index in [-0.39, 0.29) is 5.91 Å². The van der Waals surface area contributed by atoms with Gasteiger partial charge in [0.05, 0.1) is 0 Å². The van der Waals surface area contributed by atoms with Crippen molar-refractivity contribution in [3.63, 3.8) is 0 Å². The third-order valence-corrected chi connectivity index (χ3v) is 3.98. The third kappa shape index (κ3) is 4.23. The first-order chi connectivity index (χ1) is 8.75. The van der Waals surface area contributed by atoms with E-state index in [1.165, 1.54) is 32.6 Å². The molecule has 0 aliphatic carbocycles. The summed E-state index contributed by atoms with van der Waals surface area (Å²) in [6, 6.07) is 0. The molecule has 0 aromatic rings. The van der Waals surface area contributed by atoms with Crippen LogP contribution in [0.5, 0.6) is 0 Å². The van der Waals surface area contributed by atoms with Crippen LogP contribution in [-0.4, -0.2) is 86.1 Å². The second-order valence-corrected chi connectivity index (χ2v) is 5.29. The van der Waals surface area contributed by atoms with Crippen LogP contribution in [0.4, 0.5) is 0 Å². The van der Waals surface area contributed by atoms with Gasteiger partial charge >= 0.3 is 0 Å². The van der Waals surface area contributed by atoms with Crippen molar-refractivity contribution in [1.29, 1.82) is 0 Å². The summed E-state index contributed by atoms with van der Waals surface area (Å²) in [7, 11) is 0. The number of rotatable bonds is 4. The minimum absolute atomic E-state index is 0.218. The molecule has 0 unspecified atom stereocenters. The van der Waals surface area contributed by atoms with Crippen molar-refractivity contribution in [1.82, 2.24) is 20.0 Å². The fraction of sp³-hybridized carbons (Fsp3) is 0.923. The van der Waals surface area contributed by atoms with Gasteiger partial charge in [-0.25, -0.2) is 0 Å². The number of hydrogen-bond donors (Lipinski definition) is 1. The Morgan fingerprint density at radius 3 is 2.06 bits per heavy atom. The summed E-state index contributed by atoms with van der Waals surface area (Å²) in [5.74, 6) is 0.218. The highest BCUT2D eigenvalue weighted by Crippen LogP contribution is 2.03. The summed E-state index contributed by atoms with van der Waals surface area (Å²) in [6.45, 7) is 12.6. The lowest BCUT2D eigenvalue weighted by Crippen LogP contribution is -2.49. The highest BCUT2D eigenvalue weighted by Gasteiger charge is 2.18. The lowest BCUT2D eigenvalue weighted by atomic mass is 10.2. The zero-order valence-corrected chi connectivity index (χ0v) is 11.5. The molecular weight excluding hydrogens is 228 g/mol. The van der Waals surface area contributed by atoms with E-state index in [0.29, 0.717) is 0 Å². The molecule has 5 nitrogen and oxygen atoms in total. The van der Waals surface area contributed by atoms with Crippen LogP contribution in [0.15, 0.2) is 0 Å². The van der Waals surface area contributed by atoms with E-state index in [1.807, 2.05) is 4.90 Å². The molecule has 0 atom stereocenters. The van der Waals surface area contributed by atoms with Gasteiger partial charge < -0.3 is 15.1 Å². The molecule has 0 radical (unpaired) electrons. The number of amides is 1. The molecule has 2 saturated heterocycles. The van der Waals surface area contributed by atoms with Gasteiger partial charge in [0.1, 0.15) is 0 Å². The standard InChI is InChI=1S/C13H26N4O/c1-13(18)17-11-9-16(10-12-17)6-2-5-15-7-3-14-4-8-15/h14H,2-12H2,1H3. The normalized spacial score (nSPS) is 23.3. The summed E-state index contributed by atoms with van der Waals surface area (Å²) in [6.07, 6.45) is 1.25. The molecule has 2 fully saturated rings. The topological polar surface area (TPSA) is 38.8 Å². The largest absolute Gasteiger partial charge is 0.340 e. The van der Waals surface area contributed by atoms with Crippen molar-refractivity contribution in [3.8, 4) is 0 Å². The summed E-state index contributed by atoms with van der Waals surface area (Å²) in [5, 5.41) is 3.38. The monoisotopic (exact) mass is 254 g/mol. The Morgan fingerprint density at radius 2 is 1.50 bits per heavy atom. The van der Waals surface area contributed by atoms with Crippen LogP contribution in [-0.2, 0) is 4.79 Å². The second kappa shape index (κ2) is 7.07. The summed E-state index contributed by atoms with van der Waals surface area (Å²) in [4.78, 5) is 18.2. The molecule has 1 amide bonds. The van der Waals surface area contributed by atoms with Gasteiger partial charge in [-0.05, 0) is 19.5 Å². The molecule has 2 aliphatic rings. The van der Waals surface area contributed by atoms with Crippen LogP contribution in [0, 0.1) is 0 Å². The van der Waals surface area contributed by atoms with Crippen molar-refractivity contribution < 1.29 is 4.79 Å². The van der Waals surface area contributed by atoms with Crippen molar-refractivity contribution >= 4 is 5.91 Å². The second-order valence-electron chi connectivity index (χ2n) is 5.29. The number of hydrogen-bond acceptors (Lipinski definition) is 4. The van der Waals surface area contributed by atoms with E-state index < -0.39 is 0 Å². The van der Waals surface area contributed by atoms with Crippen LogP contribution in [0.1, 0.15) is 13.3 Å². The molecule has 2 aliphatic heterocycles. The minimum Gasteiger partial charge on any atom is -0.340 e. The van der Waals surface area contributed by atoms with Crippen LogP contribution in [0.3, 0.4) is 0 Å². The number of nitrogens with one attached hydrogen (secondary N) is 1. The molecule has 0 aromatic carbocycles. The van der Waals surface area contributed by atoms with E-state index in [0.717, 1.165) is 39.3 Å². The Kier molecular flexibility index (Phi) is 5.41. The van der Waals surface area contributed by atoms with Crippen LogP contribution in [0.2, 0.25) is 0 Å². The molecule has 2 heterocycles. The third-order valence-electron chi connectivity index (χ3n) is 3.98. The number of carbonyl (C=O) groups is 1. The molecule has 2 rings (SSSR count). The summed E-state index contributed by atoms with van der Waals surface area (Å²) in [5.41, 5.74) is 0. The lowest BCUT2D eigenvalue weighted by Gasteiger charge is -2.35. The molecule has 104 valence electrons. The fourth-order valence-electron chi connectivity index (χ4n) is 2.74. The Morgan fingerprint density at radius 1 is 0.944 bits per heavy atom. The Balaban J connectivity index is 1.56. The van der Waals surface area contributed by atoms with Gasteiger partial charge in [0, 0.05) is 59.3 Å². The van der Waals surface area contributed by atoms with Crippen molar-refractivity contribution in [3.05, 3.63) is 0 Å². The zero-order valence-electron chi connectivity index (χ0n) is 11.5. The van der Waals surface area contributed by atoms with Crippen molar-refractivity contribution in [2.24, 2.45) is 0 Å². The van der Waals surface area contributed by atoms with E-state index in [4.69, 9.17) is 0 Å². The molecule has 18 heavy (non-hydrogen) atoms. The predicted octanol–water partition coefficient (Wildman–Crippen LogP) is -0.554. The highest BCUT2D eigenvalue weighted by atomic mass is 16.2. The predicted molar refractivity (Wildman–Crippen MR) is 72.6 cm³/mol. The lowest BCUT2D eigenvalue weighted by molar-refractivity contribution is -0.130. The molecule has 0 spiro atoms. The van der Waals surface area contributed by atoms with E-state index >= 15 is 0 Å². The SMILES string of the molecule is CC(=O)N1CCN(CCCN2CCNCC2)CC1. The first kappa shape index (κ1) is 13.8. The summed E-state index contributed by atoms with van der Waals surface area (Å²) < 4.78 is 0. The first-order valence-corrected chi connectivity index (χ1v) is 7.16. The maximum absolute atomic E-state index is 11.2. The minimum atomic E-state index is 0.218. The zero-order chi connectivity index (χ0) is 12.8. The van der Waals surface area contributed by atoms with Crippen molar-refractivity contribution in [2.75, 3.05) is 65.4 Å². The maximum atomic E-state index is 11.2. The Labute approximate surface area is 110 Å². The maximum Gasteiger partial charge on any atom is 0.219 e. The molecule has 0 aromatic heterocycles. The quantitative estimate of drug-likeness (QED) is 0.730. The Bertz CT molecular complexity index is 258. The van der Waals surface area contributed by atoms with Crippen LogP contribution in [0.25, 0.3) is 0 Å². The van der Waals surface area contributed by atoms with E-state index in [2.05, 4.69) is 15.1 Å². The van der Waals surface area contributed by atoms with Crippen molar-refractivity contribution in [2.45, 2.75) is 13.3 Å². The average Bonchev–Trinajstić information content (AvgIpc) is 2.40. The first-order valence-electron chi connectivity index (χ1n) is 7.16. The van der Waals surface area contributed by atoms with Crippen LogP contribution >= 0.6 is 0 Å².